The van der Waals surface area contributed by atoms with Crippen LogP contribution in [0, 0.1) is 12.7 Å². The van der Waals surface area contributed by atoms with Crippen molar-refractivity contribution in [1.29, 1.82) is 0 Å². The van der Waals surface area contributed by atoms with Crippen LogP contribution in [0.3, 0.4) is 0 Å². The molecular formula is C21H22Cl2FO3. The molecule has 0 bridgehead atoms. The average molecular weight is 412 g/mol. The molecule has 2 aromatic carbocycles. The molecule has 0 aromatic heterocycles. The molecule has 3 rings (SSSR count). The van der Waals surface area contributed by atoms with Crippen LogP contribution < -0.4 is 4.74 Å². The second-order valence-corrected chi connectivity index (χ2v) is 7.31. The van der Waals surface area contributed by atoms with Crippen LogP contribution in [0.4, 0.5) is 4.39 Å². The van der Waals surface area contributed by atoms with Gasteiger partial charge in [-0.25, -0.2) is 4.39 Å². The topological polar surface area (TPSA) is 27.7 Å². The van der Waals surface area contributed by atoms with Gasteiger partial charge in [0.25, 0.3) is 0 Å². The van der Waals surface area contributed by atoms with Gasteiger partial charge in [0.1, 0.15) is 18.2 Å². The number of ether oxygens (including phenoxy) is 3. The Kier molecular flexibility index (Phi) is 7.36. The predicted molar refractivity (Wildman–Crippen MR) is 105 cm³/mol. The van der Waals surface area contributed by atoms with Crippen LogP contribution in [0.1, 0.15) is 37.4 Å². The zero-order valence-electron chi connectivity index (χ0n) is 14.9. The first-order chi connectivity index (χ1) is 13.0. The van der Waals surface area contributed by atoms with E-state index in [1.807, 2.05) is 0 Å². The summed E-state index contributed by atoms with van der Waals surface area (Å²) in [5.74, 6) is 0.309. The van der Waals surface area contributed by atoms with Crippen molar-refractivity contribution in [3.8, 4) is 5.75 Å². The summed E-state index contributed by atoms with van der Waals surface area (Å²) in [6.07, 6.45) is 2.53. The van der Waals surface area contributed by atoms with E-state index in [0.29, 0.717) is 28.8 Å². The Morgan fingerprint density at radius 2 is 1.93 bits per heavy atom. The van der Waals surface area contributed by atoms with Crippen LogP contribution in [0.15, 0.2) is 42.5 Å². The highest BCUT2D eigenvalue weighted by Gasteiger charge is 2.26. The number of halogens is 3. The second kappa shape index (κ2) is 9.74. The highest BCUT2D eigenvalue weighted by molar-refractivity contribution is 6.35. The summed E-state index contributed by atoms with van der Waals surface area (Å²) in [5, 5.41) is 1.04. The molecule has 1 aliphatic rings. The molecule has 1 aliphatic heterocycles. The van der Waals surface area contributed by atoms with Gasteiger partial charge in [-0.05, 0) is 61.6 Å². The van der Waals surface area contributed by atoms with Crippen LogP contribution in [-0.2, 0) is 9.47 Å². The zero-order chi connectivity index (χ0) is 19.2. The van der Waals surface area contributed by atoms with Gasteiger partial charge in [0.2, 0.25) is 0 Å². The molecule has 1 fully saturated rings. The third-order valence-corrected chi connectivity index (χ3v) is 4.98. The molecule has 0 N–H and O–H groups in total. The Bertz CT molecular complexity index is 739. The first-order valence-electron chi connectivity index (χ1n) is 8.98. The molecule has 0 amide bonds. The van der Waals surface area contributed by atoms with Crippen LogP contribution >= 0.6 is 23.2 Å². The summed E-state index contributed by atoms with van der Waals surface area (Å²) < 4.78 is 31.0. The lowest BCUT2D eigenvalue weighted by molar-refractivity contribution is -0.220. The van der Waals surface area contributed by atoms with Crippen molar-refractivity contribution in [2.75, 3.05) is 6.61 Å². The van der Waals surface area contributed by atoms with Gasteiger partial charge in [0.15, 0.2) is 6.29 Å². The SMILES string of the molecule is [CH2]CC(OC1CCCC(COc2ccc(Cl)cc2Cl)O1)c1ccc(F)cc1. The van der Waals surface area contributed by atoms with Gasteiger partial charge in [-0.2, -0.15) is 0 Å². The first kappa shape index (κ1) is 20.4. The van der Waals surface area contributed by atoms with E-state index in [1.54, 1.807) is 30.3 Å². The predicted octanol–water partition coefficient (Wildman–Crippen LogP) is 6.39. The van der Waals surface area contributed by atoms with Crippen molar-refractivity contribution in [3.63, 3.8) is 0 Å². The van der Waals surface area contributed by atoms with Gasteiger partial charge >= 0.3 is 0 Å². The van der Waals surface area contributed by atoms with Crippen molar-refractivity contribution in [2.45, 2.75) is 44.2 Å². The van der Waals surface area contributed by atoms with Crippen molar-refractivity contribution in [1.82, 2.24) is 0 Å². The Hall–Kier alpha value is -1.33. The molecular weight excluding hydrogens is 390 g/mol. The summed E-state index contributed by atoms with van der Waals surface area (Å²) in [7, 11) is 0. The van der Waals surface area contributed by atoms with E-state index in [0.717, 1.165) is 24.8 Å². The maximum Gasteiger partial charge on any atom is 0.158 e. The number of rotatable bonds is 7. The summed E-state index contributed by atoms with van der Waals surface area (Å²) in [6, 6.07) is 11.4. The van der Waals surface area contributed by atoms with E-state index in [-0.39, 0.29) is 24.3 Å². The van der Waals surface area contributed by atoms with Crippen LogP contribution in [0.2, 0.25) is 10.0 Å². The highest BCUT2D eigenvalue weighted by Crippen LogP contribution is 2.30. The normalized spacial score (nSPS) is 21.0. The Balaban J connectivity index is 1.54. The fourth-order valence-electron chi connectivity index (χ4n) is 3.03. The van der Waals surface area contributed by atoms with E-state index in [9.17, 15) is 4.39 Å². The molecule has 0 spiro atoms. The number of hydrogen-bond acceptors (Lipinski definition) is 3. The monoisotopic (exact) mass is 411 g/mol. The fraction of sp³-hybridized carbons (Fsp3) is 0.381. The van der Waals surface area contributed by atoms with E-state index >= 15 is 0 Å². The van der Waals surface area contributed by atoms with Crippen LogP contribution in [-0.4, -0.2) is 19.0 Å². The van der Waals surface area contributed by atoms with E-state index in [2.05, 4.69) is 6.92 Å². The Morgan fingerprint density at radius 1 is 1.15 bits per heavy atom. The molecule has 1 saturated heterocycles. The lowest BCUT2D eigenvalue weighted by atomic mass is 10.1. The average Bonchev–Trinajstić information content (AvgIpc) is 2.66. The minimum atomic E-state index is -0.343. The summed E-state index contributed by atoms with van der Waals surface area (Å²) in [4.78, 5) is 0. The first-order valence-corrected chi connectivity index (χ1v) is 9.74. The fourth-order valence-corrected chi connectivity index (χ4v) is 3.50. The Morgan fingerprint density at radius 3 is 2.63 bits per heavy atom. The molecule has 2 aromatic rings. The quantitative estimate of drug-likeness (QED) is 0.528. The highest BCUT2D eigenvalue weighted by atomic mass is 35.5. The zero-order valence-corrected chi connectivity index (χ0v) is 16.4. The third kappa shape index (κ3) is 5.82. The summed E-state index contributed by atoms with van der Waals surface area (Å²) in [6.45, 7) is 4.32. The van der Waals surface area contributed by atoms with Gasteiger partial charge in [-0.1, -0.05) is 42.3 Å². The van der Waals surface area contributed by atoms with Gasteiger partial charge in [-0.3, -0.25) is 0 Å². The van der Waals surface area contributed by atoms with Gasteiger partial charge in [-0.15, -0.1) is 0 Å². The summed E-state index contributed by atoms with van der Waals surface area (Å²) >= 11 is 12.0. The van der Waals surface area contributed by atoms with Crippen molar-refractivity contribution >= 4 is 23.2 Å². The lowest BCUT2D eigenvalue weighted by Gasteiger charge is -2.32. The van der Waals surface area contributed by atoms with E-state index in [4.69, 9.17) is 37.4 Å². The Labute approximate surface area is 169 Å². The van der Waals surface area contributed by atoms with Crippen molar-refractivity contribution in [3.05, 3.63) is 70.8 Å². The number of benzene rings is 2. The molecule has 0 aliphatic carbocycles. The standard InChI is InChI=1S/C21H22Cl2FO3/c1-2-19(14-6-9-16(24)10-7-14)27-21-5-3-4-17(26-21)13-25-20-11-8-15(22)12-18(20)23/h6-12,17,19,21H,1-5,13H2. The van der Waals surface area contributed by atoms with Gasteiger partial charge in [0.05, 0.1) is 17.2 Å². The second-order valence-electron chi connectivity index (χ2n) is 6.47. The van der Waals surface area contributed by atoms with E-state index in [1.165, 1.54) is 12.1 Å². The van der Waals surface area contributed by atoms with Crippen LogP contribution in [0.5, 0.6) is 5.75 Å². The minimum Gasteiger partial charge on any atom is -0.489 e. The molecule has 1 radical (unpaired) electrons. The molecule has 3 unspecified atom stereocenters. The molecule has 27 heavy (non-hydrogen) atoms. The molecule has 145 valence electrons. The largest absolute Gasteiger partial charge is 0.489 e. The van der Waals surface area contributed by atoms with Crippen LogP contribution in [0.25, 0.3) is 0 Å². The maximum absolute atomic E-state index is 13.1. The molecule has 0 saturated carbocycles. The molecule has 3 atom stereocenters. The van der Waals surface area contributed by atoms with E-state index < -0.39 is 0 Å². The molecule has 1 heterocycles. The minimum absolute atomic E-state index is 0.0887. The smallest absolute Gasteiger partial charge is 0.158 e. The third-order valence-electron chi connectivity index (χ3n) is 4.45. The van der Waals surface area contributed by atoms with Crippen molar-refractivity contribution < 1.29 is 18.6 Å². The molecule has 3 nitrogen and oxygen atoms in total. The lowest BCUT2D eigenvalue weighted by Crippen LogP contribution is -2.34. The van der Waals surface area contributed by atoms with Crippen molar-refractivity contribution in [2.24, 2.45) is 0 Å². The summed E-state index contributed by atoms with van der Waals surface area (Å²) in [5.41, 5.74) is 0.890. The van der Waals surface area contributed by atoms with Gasteiger partial charge in [0, 0.05) is 5.02 Å². The van der Waals surface area contributed by atoms with Gasteiger partial charge < -0.3 is 14.2 Å². The molecule has 6 heteroatoms. The number of hydrogen-bond donors (Lipinski definition) is 0. The maximum atomic E-state index is 13.1.